The first kappa shape index (κ1) is 18.7. The molecular weight excluding hydrogens is 394 g/mol. The van der Waals surface area contributed by atoms with Crippen LogP contribution in [0, 0.1) is 0 Å². The van der Waals surface area contributed by atoms with Crippen LogP contribution in [0.3, 0.4) is 0 Å². The third-order valence-electron chi connectivity index (χ3n) is 4.03. The summed E-state index contributed by atoms with van der Waals surface area (Å²) in [5.41, 5.74) is 2.77. The van der Waals surface area contributed by atoms with Gasteiger partial charge in [0.2, 0.25) is 11.7 Å². The molecule has 0 atom stereocenters. The van der Waals surface area contributed by atoms with Gasteiger partial charge in [0.1, 0.15) is 10.8 Å². The van der Waals surface area contributed by atoms with Gasteiger partial charge in [-0.05, 0) is 42.8 Å². The van der Waals surface area contributed by atoms with E-state index in [2.05, 4.69) is 22.0 Å². The second kappa shape index (κ2) is 8.54. The van der Waals surface area contributed by atoms with Crippen LogP contribution in [0.2, 0.25) is 5.02 Å². The molecule has 28 heavy (non-hydrogen) atoms. The zero-order chi connectivity index (χ0) is 19.3. The average Bonchev–Trinajstić information content (AvgIpc) is 3.37. The fourth-order valence-electron chi connectivity index (χ4n) is 2.67. The molecule has 0 N–H and O–H groups in total. The second-order valence-electron chi connectivity index (χ2n) is 6.20. The maximum absolute atomic E-state index is 6.06. The fraction of sp³-hybridized carbons (Fsp3) is 0.190. The molecule has 0 amide bonds. The van der Waals surface area contributed by atoms with Crippen molar-refractivity contribution >= 4 is 22.9 Å². The molecule has 0 saturated heterocycles. The van der Waals surface area contributed by atoms with E-state index in [1.807, 2.05) is 53.9 Å². The Morgan fingerprint density at radius 2 is 1.93 bits per heavy atom. The van der Waals surface area contributed by atoms with Gasteiger partial charge in [0, 0.05) is 21.5 Å². The maximum atomic E-state index is 6.06. The van der Waals surface area contributed by atoms with Crippen molar-refractivity contribution in [2.45, 2.75) is 19.8 Å². The smallest absolute Gasteiger partial charge is 0.233 e. The molecule has 7 heteroatoms. The van der Waals surface area contributed by atoms with Crippen LogP contribution >= 0.6 is 22.9 Å². The van der Waals surface area contributed by atoms with Gasteiger partial charge in [-0.15, -0.1) is 11.3 Å². The highest BCUT2D eigenvalue weighted by Gasteiger charge is 2.12. The summed E-state index contributed by atoms with van der Waals surface area (Å²) in [6.45, 7) is 2.78. The number of rotatable bonds is 7. The topological polar surface area (TPSA) is 61.0 Å². The Kier molecular flexibility index (Phi) is 5.69. The number of benzene rings is 2. The summed E-state index contributed by atoms with van der Waals surface area (Å²) in [7, 11) is 0. The molecular formula is C21H18ClN3O2S. The predicted octanol–water partition coefficient (Wildman–Crippen LogP) is 5.89. The van der Waals surface area contributed by atoms with Crippen molar-refractivity contribution in [1.29, 1.82) is 0 Å². The zero-order valence-corrected chi connectivity index (χ0v) is 16.8. The summed E-state index contributed by atoms with van der Waals surface area (Å²) in [5.74, 6) is 1.93. The van der Waals surface area contributed by atoms with Crippen LogP contribution in [0.25, 0.3) is 22.6 Å². The van der Waals surface area contributed by atoms with Crippen LogP contribution in [-0.2, 0) is 6.42 Å². The number of nitrogens with zero attached hydrogens (tertiary/aromatic N) is 3. The lowest BCUT2D eigenvalue weighted by molar-refractivity contribution is 0.317. The molecule has 0 fully saturated rings. The van der Waals surface area contributed by atoms with Gasteiger partial charge in [0.05, 0.1) is 18.7 Å². The average molecular weight is 412 g/mol. The Bertz CT molecular complexity index is 1060. The SMILES string of the molecule is CCCOc1ccc(-c2noc(Cc3nc(-c4cccc(Cl)c4)cs3)n2)cc1. The zero-order valence-electron chi connectivity index (χ0n) is 15.3. The summed E-state index contributed by atoms with van der Waals surface area (Å²) in [6, 6.07) is 15.3. The van der Waals surface area contributed by atoms with Crippen molar-refractivity contribution in [3.63, 3.8) is 0 Å². The Morgan fingerprint density at radius 1 is 1.07 bits per heavy atom. The van der Waals surface area contributed by atoms with E-state index >= 15 is 0 Å². The van der Waals surface area contributed by atoms with Crippen molar-refractivity contribution in [1.82, 2.24) is 15.1 Å². The first-order chi connectivity index (χ1) is 13.7. The molecule has 2 aromatic carbocycles. The number of thiazole rings is 1. The Morgan fingerprint density at radius 3 is 2.71 bits per heavy atom. The minimum absolute atomic E-state index is 0.496. The van der Waals surface area contributed by atoms with Crippen molar-refractivity contribution in [3.8, 4) is 28.4 Å². The number of hydrogen-bond acceptors (Lipinski definition) is 6. The van der Waals surface area contributed by atoms with Gasteiger partial charge in [-0.2, -0.15) is 4.98 Å². The first-order valence-electron chi connectivity index (χ1n) is 8.97. The van der Waals surface area contributed by atoms with E-state index in [0.717, 1.165) is 34.0 Å². The second-order valence-corrected chi connectivity index (χ2v) is 7.58. The van der Waals surface area contributed by atoms with Crippen LogP contribution in [0.5, 0.6) is 5.75 Å². The van der Waals surface area contributed by atoms with E-state index in [-0.39, 0.29) is 0 Å². The minimum atomic E-state index is 0.496. The van der Waals surface area contributed by atoms with Crippen LogP contribution in [0.4, 0.5) is 0 Å². The number of hydrogen-bond donors (Lipinski definition) is 0. The lowest BCUT2D eigenvalue weighted by Crippen LogP contribution is -1.94. The van der Waals surface area contributed by atoms with Crippen molar-refractivity contribution in [2.24, 2.45) is 0 Å². The third-order valence-corrected chi connectivity index (χ3v) is 5.11. The van der Waals surface area contributed by atoms with Gasteiger partial charge in [0.25, 0.3) is 0 Å². The summed E-state index contributed by atoms with van der Waals surface area (Å²) < 4.78 is 11.0. The van der Waals surface area contributed by atoms with Gasteiger partial charge in [0.15, 0.2) is 0 Å². The van der Waals surface area contributed by atoms with Crippen molar-refractivity contribution in [3.05, 3.63) is 69.8 Å². The summed E-state index contributed by atoms with van der Waals surface area (Å²) in [6.07, 6.45) is 1.47. The Labute approximate surface area is 172 Å². The van der Waals surface area contributed by atoms with Gasteiger partial charge < -0.3 is 9.26 Å². The van der Waals surface area contributed by atoms with Crippen LogP contribution in [0.1, 0.15) is 24.2 Å². The van der Waals surface area contributed by atoms with Crippen molar-refractivity contribution in [2.75, 3.05) is 6.61 Å². The van der Waals surface area contributed by atoms with E-state index in [9.17, 15) is 0 Å². The monoisotopic (exact) mass is 411 g/mol. The highest BCUT2D eigenvalue weighted by atomic mass is 35.5. The lowest BCUT2D eigenvalue weighted by atomic mass is 10.2. The normalized spacial score (nSPS) is 10.9. The van der Waals surface area contributed by atoms with E-state index in [0.29, 0.717) is 29.8 Å². The molecule has 0 aliphatic rings. The number of ether oxygens (including phenoxy) is 1. The standard InChI is InChI=1S/C21H18ClN3O2S/c1-2-10-26-17-8-6-14(7-9-17)21-24-19(27-25-21)12-20-23-18(13-28-20)15-4-3-5-16(22)11-15/h3-9,11,13H,2,10,12H2,1H3. The molecule has 4 aromatic rings. The van der Waals surface area contributed by atoms with Gasteiger partial charge >= 0.3 is 0 Å². The summed E-state index contributed by atoms with van der Waals surface area (Å²) in [5, 5.41) is 7.70. The highest BCUT2D eigenvalue weighted by Crippen LogP contribution is 2.26. The van der Waals surface area contributed by atoms with Crippen molar-refractivity contribution < 1.29 is 9.26 Å². The van der Waals surface area contributed by atoms with Crippen LogP contribution in [-0.4, -0.2) is 21.7 Å². The van der Waals surface area contributed by atoms with Gasteiger partial charge in [-0.1, -0.05) is 35.8 Å². The third kappa shape index (κ3) is 4.40. The van der Waals surface area contributed by atoms with E-state index in [1.54, 1.807) is 11.3 Å². The summed E-state index contributed by atoms with van der Waals surface area (Å²) >= 11 is 7.62. The number of aromatic nitrogens is 3. The van der Waals surface area contributed by atoms with Gasteiger partial charge in [-0.25, -0.2) is 4.98 Å². The molecule has 0 spiro atoms. The van der Waals surface area contributed by atoms with E-state index in [4.69, 9.17) is 20.9 Å². The van der Waals surface area contributed by atoms with Crippen LogP contribution < -0.4 is 4.74 Å². The highest BCUT2D eigenvalue weighted by molar-refractivity contribution is 7.10. The molecule has 0 bridgehead atoms. The largest absolute Gasteiger partial charge is 0.494 e. The molecule has 2 heterocycles. The van der Waals surface area contributed by atoms with Gasteiger partial charge in [-0.3, -0.25) is 0 Å². The molecule has 0 aliphatic heterocycles. The molecule has 0 aliphatic carbocycles. The van der Waals surface area contributed by atoms with E-state index in [1.165, 1.54) is 0 Å². The Hall–Kier alpha value is -2.70. The quantitative estimate of drug-likeness (QED) is 0.379. The molecule has 0 unspecified atom stereocenters. The van der Waals surface area contributed by atoms with E-state index < -0.39 is 0 Å². The molecule has 142 valence electrons. The Balaban J connectivity index is 1.45. The molecule has 5 nitrogen and oxygen atoms in total. The first-order valence-corrected chi connectivity index (χ1v) is 10.2. The molecule has 0 saturated carbocycles. The molecule has 2 aromatic heterocycles. The van der Waals surface area contributed by atoms with Crippen LogP contribution in [0.15, 0.2) is 58.4 Å². The molecule has 0 radical (unpaired) electrons. The lowest BCUT2D eigenvalue weighted by Gasteiger charge is -2.03. The fourth-order valence-corrected chi connectivity index (χ4v) is 3.65. The number of halogens is 1. The predicted molar refractivity (Wildman–Crippen MR) is 111 cm³/mol. The molecule has 4 rings (SSSR count). The summed E-state index contributed by atoms with van der Waals surface area (Å²) in [4.78, 5) is 9.15. The minimum Gasteiger partial charge on any atom is -0.494 e. The maximum Gasteiger partial charge on any atom is 0.233 e.